The summed E-state index contributed by atoms with van der Waals surface area (Å²) < 4.78 is 10.2. The van der Waals surface area contributed by atoms with Crippen molar-refractivity contribution in [1.82, 2.24) is 10.6 Å². The number of methoxy groups -OCH3 is 2. The third-order valence-electron chi connectivity index (χ3n) is 5.25. The lowest BCUT2D eigenvalue weighted by Gasteiger charge is -2.32. The maximum atomic E-state index is 12.6. The molecule has 3 rings (SSSR count). The molecule has 1 aromatic rings. The first-order chi connectivity index (χ1) is 13.0. The van der Waals surface area contributed by atoms with E-state index in [1.807, 2.05) is 24.3 Å². The van der Waals surface area contributed by atoms with E-state index in [4.69, 9.17) is 9.47 Å². The molecule has 8 nitrogen and oxygen atoms in total. The molecule has 0 unspecified atom stereocenters. The monoisotopic (exact) mass is 376 g/mol. The van der Waals surface area contributed by atoms with Crippen LogP contribution in [0.15, 0.2) is 35.5 Å². The maximum absolute atomic E-state index is 12.6. The van der Waals surface area contributed by atoms with Crippen LogP contribution in [0.25, 0.3) is 0 Å². The lowest BCUT2D eigenvalue weighted by atomic mass is 9.95. The molecule has 1 saturated heterocycles. The van der Waals surface area contributed by atoms with E-state index in [9.17, 15) is 9.59 Å². The first-order valence-corrected chi connectivity index (χ1v) is 9.19. The fraction of sp³-hybridized carbons (Fsp3) is 0.474. The fourth-order valence-corrected chi connectivity index (χ4v) is 3.61. The molecular weight excluding hydrogens is 348 g/mol. The van der Waals surface area contributed by atoms with Crippen LogP contribution in [0, 0.1) is 0 Å². The van der Waals surface area contributed by atoms with Crippen LogP contribution in [0.2, 0.25) is 0 Å². The predicted octanol–water partition coefficient (Wildman–Crippen LogP) is -2.11. The highest BCUT2D eigenvalue weighted by atomic mass is 16.5. The van der Waals surface area contributed by atoms with Gasteiger partial charge in [0.25, 0.3) is 0 Å². The van der Waals surface area contributed by atoms with Gasteiger partial charge >= 0.3 is 12.0 Å². The van der Waals surface area contributed by atoms with E-state index in [2.05, 4.69) is 17.7 Å². The van der Waals surface area contributed by atoms with Gasteiger partial charge in [-0.2, -0.15) is 0 Å². The lowest BCUT2D eigenvalue weighted by molar-refractivity contribution is -1.00. The van der Waals surface area contributed by atoms with Gasteiger partial charge in [0.1, 0.15) is 38.5 Å². The number of urea groups is 1. The van der Waals surface area contributed by atoms with E-state index in [0.717, 1.165) is 31.7 Å². The summed E-state index contributed by atoms with van der Waals surface area (Å²) in [7, 11) is 5.14. The van der Waals surface area contributed by atoms with Gasteiger partial charge in [-0.3, -0.25) is 0 Å². The molecule has 2 amide bonds. The molecule has 2 aliphatic heterocycles. The maximum Gasteiger partial charge on any atom is 0.338 e. The van der Waals surface area contributed by atoms with Gasteiger partial charge in [-0.15, -0.1) is 0 Å². The Hall–Kier alpha value is -2.58. The van der Waals surface area contributed by atoms with Crippen molar-refractivity contribution in [2.75, 3.05) is 54.0 Å². The molecule has 2 aliphatic rings. The van der Waals surface area contributed by atoms with E-state index < -0.39 is 12.0 Å². The number of amides is 2. The third kappa shape index (κ3) is 4.40. The highest BCUT2D eigenvalue weighted by molar-refractivity contribution is 5.95. The first-order valence-electron chi connectivity index (χ1n) is 9.19. The second kappa shape index (κ2) is 8.41. The van der Waals surface area contributed by atoms with Crippen molar-refractivity contribution in [1.29, 1.82) is 0 Å². The Morgan fingerprint density at radius 1 is 1.15 bits per heavy atom. The number of carbonyl (C=O) groups is 2. The average Bonchev–Trinajstić information content (AvgIpc) is 2.69. The van der Waals surface area contributed by atoms with Crippen molar-refractivity contribution in [3.05, 3.63) is 41.1 Å². The molecule has 0 aromatic heterocycles. The summed E-state index contributed by atoms with van der Waals surface area (Å²) in [4.78, 5) is 27.7. The van der Waals surface area contributed by atoms with Crippen LogP contribution >= 0.6 is 0 Å². The normalized spacial score (nSPS) is 25.4. The predicted molar refractivity (Wildman–Crippen MR) is 98.6 cm³/mol. The highest BCUT2D eigenvalue weighted by Crippen LogP contribution is 2.28. The topological polar surface area (TPSA) is 85.5 Å². The van der Waals surface area contributed by atoms with Crippen LogP contribution in [0.1, 0.15) is 11.6 Å². The van der Waals surface area contributed by atoms with Crippen molar-refractivity contribution in [2.24, 2.45) is 0 Å². The molecule has 0 radical (unpaired) electrons. The molecular formula is C19H28N4O4+2. The van der Waals surface area contributed by atoms with Crippen LogP contribution in [0.3, 0.4) is 0 Å². The molecule has 1 aromatic carbocycles. The van der Waals surface area contributed by atoms with E-state index in [-0.39, 0.29) is 6.03 Å². The summed E-state index contributed by atoms with van der Waals surface area (Å²) in [6, 6.07) is 6.46. The number of carbonyl (C=O) groups excluding carboxylic acids is 2. The number of rotatable bonds is 5. The number of benzene rings is 1. The SMILES string of the molecule is COC(=O)C1=C(C[NH+]2CC[NH+](C)CC2)NC(=O)N[C@H]1c1ccc(OC)cc1. The van der Waals surface area contributed by atoms with E-state index in [1.54, 1.807) is 7.11 Å². The third-order valence-corrected chi connectivity index (χ3v) is 5.25. The number of hydrogen-bond donors (Lipinski definition) is 4. The molecule has 0 bridgehead atoms. The van der Waals surface area contributed by atoms with Gasteiger partial charge in [0.05, 0.1) is 38.6 Å². The number of piperazine rings is 1. The minimum atomic E-state index is -0.551. The van der Waals surface area contributed by atoms with Crippen LogP contribution in [0.4, 0.5) is 4.79 Å². The molecule has 2 heterocycles. The molecule has 0 aliphatic carbocycles. The van der Waals surface area contributed by atoms with Gasteiger partial charge in [-0.05, 0) is 17.7 Å². The summed E-state index contributed by atoms with van der Waals surface area (Å²) >= 11 is 0. The number of hydrogen-bond acceptors (Lipinski definition) is 4. The molecule has 8 heteroatoms. The fourth-order valence-electron chi connectivity index (χ4n) is 3.61. The zero-order valence-corrected chi connectivity index (χ0v) is 16.1. The summed E-state index contributed by atoms with van der Waals surface area (Å²) in [6.45, 7) is 4.74. The Morgan fingerprint density at radius 3 is 2.41 bits per heavy atom. The molecule has 146 valence electrons. The van der Waals surface area contributed by atoms with Gasteiger partial charge in [-0.1, -0.05) is 12.1 Å². The van der Waals surface area contributed by atoms with E-state index in [1.165, 1.54) is 16.9 Å². The number of nitrogens with one attached hydrogen (secondary N) is 4. The van der Waals surface area contributed by atoms with Gasteiger partial charge < -0.3 is 29.9 Å². The molecule has 0 spiro atoms. The van der Waals surface area contributed by atoms with Crippen LogP contribution in [0.5, 0.6) is 5.75 Å². The summed E-state index contributed by atoms with van der Waals surface area (Å²) in [5.74, 6) is 0.282. The van der Waals surface area contributed by atoms with E-state index >= 15 is 0 Å². The van der Waals surface area contributed by atoms with Crippen LogP contribution in [-0.2, 0) is 9.53 Å². The van der Waals surface area contributed by atoms with Gasteiger partial charge in [0, 0.05) is 0 Å². The van der Waals surface area contributed by atoms with Gasteiger partial charge in [0.15, 0.2) is 0 Å². The molecule has 1 fully saturated rings. The van der Waals surface area contributed by atoms with Crippen molar-refractivity contribution in [3.63, 3.8) is 0 Å². The molecule has 27 heavy (non-hydrogen) atoms. The van der Waals surface area contributed by atoms with Crippen LogP contribution in [-0.4, -0.2) is 66.0 Å². The summed E-state index contributed by atoms with van der Waals surface area (Å²) in [5, 5.41) is 5.69. The first kappa shape index (κ1) is 19.2. The van der Waals surface area contributed by atoms with Gasteiger partial charge in [0.2, 0.25) is 0 Å². The number of esters is 1. The zero-order valence-electron chi connectivity index (χ0n) is 16.1. The standard InChI is InChI=1S/C19H26N4O4/c1-22-8-10-23(11-9-22)12-15-16(18(24)27-3)17(21-19(25)20-15)13-4-6-14(26-2)7-5-13/h4-7,17H,8-12H2,1-3H3,(H2,20,21,25)/p+2/t17-/m0/s1. The highest BCUT2D eigenvalue weighted by Gasteiger charge is 2.35. The Balaban J connectivity index is 1.92. The number of quaternary nitrogens is 2. The largest absolute Gasteiger partial charge is 0.497 e. The van der Waals surface area contributed by atoms with Crippen LogP contribution < -0.4 is 25.2 Å². The van der Waals surface area contributed by atoms with Crippen molar-refractivity contribution in [3.8, 4) is 5.75 Å². The number of ether oxygens (including phenoxy) is 2. The Kier molecular flexibility index (Phi) is 5.98. The summed E-state index contributed by atoms with van der Waals surface area (Å²) in [5.41, 5.74) is 1.91. The summed E-state index contributed by atoms with van der Waals surface area (Å²) in [6.07, 6.45) is 0. The van der Waals surface area contributed by atoms with Gasteiger partial charge in [-0.25, -0.2) is 9.59 Å². The second-order valence-corrected chi connectivity index (χ2v) is 7.07. The minimum Gasteiger partial charge on any atom is -0.497 e. The number of likely N-dealkylation sites (N-methyl/N-ethyl adjacent to an activating group) is 1. The van der Waals surface area contributed by atoms with Crippen molar-refractivity contribution < 1.29 is 28.9 Å². The quantitative estimate of drug-likeness (QED) is 0.443. The smallest absolute Gasteiger partial charge is 0.338 e. The average molecular weight is 376 g/mol. The second-order valence-electron chi connectivity index (χ2n) is 7.07. The lowest BCUT2D eigenvalue weighted by Crippen LogP contribution is -3.27. The molecule has 4 N–H and O–H groups in total. The van der Waals surface area contributed by atoms with E-state index in [0.29, 0.717) is 23.6 Å². The Morgan fingerprint density at radius 2 is 1.81 bits per heavy atom. The van der Waals surface area contributed by atoms with Crippen molar-refractivity contribution >= 4 is 12.0 Å². The Bertz CT molecular complexity index is 724. The molecule has 0 saturated carbocycles. The molecule has 1 atom stereocenters. The minimum absolute atomic E-state index is 0.308. The Labute approximate surface area is 159 Å². The van der Waals surface area contributed by atoms with Crippen molar-refractivity contribution in [2.45, 2.75) is 6.04 Å². The zero-order chi connectivity index (χ0) is 19.4.